The highest BCUT2D eigenvalue weighted by Gasteiger charge is 2.44. The quantitative estimate of drug-likeness (QED) is 0.577. The van der Waals surface area contributed by atoms with Gasteiger partial charge in [0.05, 0.1) is 0 Å². The van der Waals surface area contributed by atoms with Crippen LogP contribution in [0.2, 0.25) is 0 Å². The molecular weight excluding hydrogens is 200 g/mol. The molecule has 0 amide bonds. The number of rotatable bonds is 0. The Morgan fingerprint density at radius 3 is 3.20 bits per heavy atom. The van der Waals surface area contributed by atoms with E-state index >= 15 is 0 Å². The summed E-state index contributed by atoms with van der Waals surface area (Å²) in [5, 5.41) is 0. The molecule has 0 saturated heterocycles. The molecule has 0 spiro atoms. The van der Waals surface area contributed by atoms with Crippen LogP contribution in [-0.4, -0.2) is 0 Å². The van der Waals surface area contributed by atoms with Crippen molar-refractivity contribution in [3.05, 3.63) is 45.8 Å². The fraction of sp³-hybridized carbons (Fsp3) is 0.429. The zero-order valence-electron chi connectivity index (χ0n) is 9.29. The van der Waals surface area contributed by atoms with Crippen LogP contribution >= 0.6 is 11.8 Å². The summed E-state index contributed by atoms with van der Waals surface area (Å²) in [6.45, 7) is 4.76. The number of hydrogen-bond donors (Lipinski definition) is 0. The summed E-state index contributed by atoms with van der Waals surface area (Å²) < 4.78 is 0. The van der Waals surface area contributed by atoms with Crippen molar-refractivity contribution in [2.45, 2.75) is 26.7 Å². The molecule has 2 aliphatic carbocycles. The van der Waals surface area contributed by atoms with Crippen molar-refractivity contribution >= 4 is 11.8 Å². The zero-order valence-corrected chi connectivity index (χ0v) is 10.1. The van der Waals surface area contributed by atoms with Crippen molar-refractivity contribution in [2.24, 2.45) is 11.3 Å². The molecule has 1 aliphatic heterocycles. The van der Waals surface area contributed by atoms with Crippen LogP contribution in [0.25, 0.3) is 0 Å². The van der Waals surface area contributed by atoms with Gasteiger partial charge in [-0.2, -0.15) is 0 Å². The van der Waals surface area contributed by atoms with Gasteiger partial charge in [0, 0.05) is 15.2 Å². The number of fused-ring (bicyclic) bond motifs is 2. The summed E-state index contributed by atoms with van der Waals surface area (Å²) in [5.41, 5.74) is 1.98. The van der Waals surface area contributed by atoms with Gasteiger partial charge in [0.1, 0.15) is 0 Å². The second-order valence-electron chi connectivity index (χ2n) is 4.79. The molecule has 0 fully saturated rings. The summed E-state index contributed by atoms with van der Waals surface area (Å²) in [5.74, 6) is 0.643. The molecule has 2 atom stereocenters. The van der Waals surface area contributed by atoms with Crippen molar-refractivity contribution in [1.82, 2.24) is 0 Å². The Morgan fingerprint density at radius 2 is 2.33 bits per heavy atom. The average molecular weight is 216 g/mol. The average Bonchev–Trinajstić information content (AvgIpc) is 2.55. The summed E-state index contributed by atoms with van der Waals surface area (Å²) in [4.78, 5) is 3.07. The highest BCUT2D eigenvalue weighted by molar-refractivity contribution is 8.07. The standard InChI is InChI=1S/C14H16S/c1-10-6-5-9-13-14(10,2)11-7-3-4-8-12(11)15-13/h4-6,8-10H,3,7H2,1-2H3. The normalized spacial score (nSPS) is 37.7. The zero-order chi connectivity index (χ0) is 10.5. The van der Waals surface area contributed by atoms with Crippen molar-refractivity contribution < 1.29 is 0 Å². The second kappa shape index (κ2) is 3.15. The molecule has 1 heterocycles. The van der Waals surface area contributed by atoms with Gasteiger partial charge < -0.3 is 0 Å². The van der Waals surface area contributed by atoms with Gasteiger partial charge in [-0.05, 0) is 24.3 Å². The van der Waals surface area contributed by atoms with Crippen LogP contribution in [0, 0.1) is 11.3 Å². The maximum absolute atomic E-state index is 2.42. The predicted molar refractivity (Wildman–Crippen MR) is 67.5 cm³/mol. The van der Waals surface area contributed by atoms with Crippen molar-refractivity contribution in [3.8, 4) is 0 Å². The first-order valence-electron chi connectivity index (χ1n) is 5.70. The predicted octanol–water partition coefficient (Wildman–Crippen LogP) is 4.43. The SMILES string of the molecule is CC1C=CC=C2SC3=C(CCC=C3)C21C. The Labute approximate surface area is 95.8 Å². The number of hydrogen-bond acceptors (Lipinski definition) is 1. The van der Waals surface area contributed by atoms with Crippen LogP contribution < -0.4 is 0 Å². The van der Waals surface area contributed by atoms with Crippen LogP contribution in [0.4, 0.5) is 0 Å². The molecule has 15 heavy (non-hydrogen) atoms. The first-order chi connectivity index (χ1) is 7.23. The van der Waals surface area contributed by atoms with E-state index in [0.29, 0.717) is 11.3 Å². The van der Waals surface area contributed by atoms with E-state index in [-0.39, 0.29) is 0 Å². The lowest BCUT2D eigenvalue weighted by Crippen LogP contribution is -2.27. The number of allylic oxidation sites excluding steroid dienone is 7. The fourth-order valence-electron chi connectivity index (χ4n) is 2.83. The van der Waals surface area contributed by atoms with E-state index in [1.165, 1.54) is 17.7 Å². The molecule has 0 aromatic carbocycles. The van der Waals surface area contributed by atoms with Crippen molar-refractivity contribution in [2.75, 3.05) is 0 Å². The molecule has 0 aromatic rings. The van der Waals surface area contributed by atoms with E-state index in [0.717, 1.165) is 0 Å². The third-order valence-electron chi connectivity index (χ3n) is 4.04. The topological polar surface area (TPSA) is 0 Å². The molecule has 0 nitrogen and oxygen atoms in total. The summed E-state index contributed by atoms with van der Waals surface area (Å²) in [7, 11) is 0. The van der Waals surface area contributed by atoms with Crippen molar-refractivity contribution in [1.29, 1.82) is 0 Å². The highest BCUT2D eigenvalue weighted by Crippen LogP contribution is 2.61. The molecule has 0 radical (unpaired) electrons. The van der Waals surface area contributed by atoms with E-state index in [1.807, 2.05) is 11.8 Å². The van der Waals surface area contributed by atoms with Gasteiger partial charge in [-0.3, -0.25) is 0 Å². The highest BCUT2D eigenvalue weighted by atomic mass is 32.2. The summed E-state index contributed by atoms with van der Waals surface area (Å²) >= 11 is 1.98. The molecule has 3 rings (SSSR count). The van der Waals surface area contributed by atoms with E-state index in [4.69, 9.17) is 0 Å². The third-order valence-corrected chi connectivity index (χ3v) is 5.43. The minimum atomic E-state index is 0.305. The second-order valence-corrected chi connectivity index (χ2v) is 5.88. The molecule has 0 aromatic heterocycles. The maximum atomic E-state index is 2.42. The molecule has 2 unspecified atom stereocenters. The van der Waals surface area contributed by atoms with Crippen LogP contribution in [0.3, 0.4) is 0 Å². The Balaban J connectivity index is 2.14. The van der Waals surface area contributed by atoms with Crippen LogP contribution in [0.1, 0.15) is 26.7 Å². The molecular formula is C14H16S. The largest absolute Gasteiger partial charge is 0.0936 e. The van der Waals surface area contributed by atoms with Crippen LogP contribution in [0.15, 0.2) is 45.8 Å². The summed E-state index contributed by atoms with van der Waals surface area (Å²) in [6, 6.07) is 0. The van der Waals surface area contributed by atoms with E-state index in [2.05, 4.69) is 44.2 Å². The van der Waals surface area contributed by atoms with Gasteiger partial charge in [0.15, 0.2) is 0 Å². The Bertz CT molecular complexity index is 423. The lowest BCUT2D eigenvalue weighted by molar-refractivity contribution is 0.376. The van der Waals surface area contributed by atoms with Gasteiger partial charge in [0.25, 0.3) is 0 Å². The van der Waals surface area contributed by atoms with Crippen LogP contribution in [0.5, 0.6) is 0 Å². The monoisotopic (exact) mass is 216 g/mol. The van der Waals surface area contributed by atoms with E-state index in [1.54, 1.807) is 10.5 Å². The molecule has 0 bridgehead atoms. The van der Waals surface area contributed by atoms with Gasteiger partial charge in [0.2, 0.25) is 0 Å². The maximum Gasteiger partial charge on any atom is 0.0271 e. The third kappa shape index (κ3) is 1.16. The van der Waals surface area contributed by atoms with Crippen LogP contribution in [-0.2, 0) is 0 Å². The lowest BCUT2D eigenvalue weighted by Gasteiger charge is -2.36. The minimum absolute atomic E-state index is 0.305. The first kappa shape index (κ1) is 9.53. The van der Waals surface area contributed by atoms with Crippen molar-refractivity contribution in [3.63, 3.8) is 0 Å². The van der Waals surface area contributed by atoms with Gasteiger partial charge in [-0.15, -0.1) is 0 Å². The first-order valence-corrected chi connectivity index (χ1v) is 6.51. The molecule has 1 heteroatoms. The van der Waals surface area contributed by atoms with Gasteiger partial charge in [-0.1, -0.05) is 56.0 Å². The Kier molecular flexibility index (Phi) is 2.00. The van der Waals surface area contributed by atoms with E-state index in [9.17, 15) is 0 Å². The molecule has 78 valence electrons. The molecule has 3 aliphatic rings. The Morgan fingerprint density at radius 1 is 1.47 bits per heavy atom. The Hall–Kier alpha value is -0.690. The fourth-order valence-corrected chi connectivity index (χ4v) is 4.34. The molecule has 0 saturated carbocycles. The van der Waals surface area contributed by atoms with Gasteiger partial charge in [-0.25, -0.2) is 0 Å². The molecule has 0 N–H and O–H groups in total. The van der Waals surface area contributed by atoms with Gasteiger partial charge >= 0.3 is 0 Å². The smallest absolute Gasteiger partial charge is 0.0271 e. The minimum Gasteiger partial charge on any atom is -0.0936 e. The lowest BCUT2D eigenvalue weighted by atomic mass is 9.68. The summed E-state index contributed by atoms with van der Waals surface area (Å²) in [6.07, 6.45) is 14.0. The van der Waals surface area contributed by atoms with E-state index < -0.39 is 0 Å². The number of thioether (sulfide) groups is 1.